The molecule has 0 aliphatic rings. The Morgan fingerprint density at radius 2 is 2.46 bits per heavy atom. The van der Waals surface area contributed by atoms with Crippen LogP contribution < -0.4 is 0 Å². The van der Waals surface area contributed by atoms with Crippen LogP contribution in [-0.4, -0.2) is 27.5 Å². The summed E-state index contributed by atoms with van der Waals surface area (Å²) in [4.78, 5) is 10.7. The number of rotatable bonds is 4. The van der Waals surface area contributed by atoms with Crippen LogP contribution >= 0.6 is 0 Å². The van der Waals surface area contributed by atoms with Crippen molar-refractivity contribution < 1.29 is 14.6 Å². The molecule has 1 N–H and O–H groups in total. The third-order valence-corrected chi connectivity index (χ3v) is 1.73. The van der Waals surface area contributed by atoms with Crippen molar-refractivity contribution in [2.24, 2.45) is 7.05 Å². The molecular formula is C8H12N2O3. The Balaban J connectivity index is 2.88. The maximum atomic E-state index is 10.7. The van der Waals surface area contributed by atoms with E-state index < -0.39 is 5.97 Å². The summed E-state index contributed by atoms with van der Waals surface area (Å²) in [5.74, 6) is -0.970. The molecule has 0 unspecified atom stereocenters. The molecule has 0 saturated carbocycles. The van der Waals surface area contributed by atoms with Gasteiger partial charge in [-0.15, -0.1) is 0 Å². The summed E-state index contributed by atoms with van der Waals surface area (Å²) in [6, 6.07) is 0. The fraction of sp³-hybridized carbons (Fsp3) is 0.500. The quantitative estimate of drug-likeness (QED) is 0.746. The average Bonchev–Trinajstić information content (AvgIpc) is 2.43. The number of aromatic carboxylic acids is 1. The van der Waals surface area contributed by atoms with E-state index in [0.29, 0.717) is 12.3 Å². The van der Waals surface area contributed by atoms with Gasteiger partial charge in [-0.2, -0.15) is 5.10 Å². The lowest BCUT2D eigenvalue weighted by Crippen LogP contribution is -2.06. The van der Waals surface area contributed by atoms with Gasteiger partial charge in [0.05, 0.1) is 18.5 Å². The van der Waals surface area contributed by atoms with Crippen LogP contribution in [0, 0.1) is 0 Å². The number of carbonyl (C=O) groups is 1. The molecule has 1 aromatic rings. The number of carboxylic acid groups (broad SMARTS) is 1. The van der Waals surface area contributed by atoms with E-state index in [9.17, 15) is 4.79 Å². The summed E-state index contributed by atoms with van der Waals surface area (Å²) >= 11 is 0. The predicted molar refractivity (Wildman–Crippen MR) is 45.5 cm³/mol. The van der Waals surface area contributed by atoms with Gasteiger partial charge in [-0.3, -0.25) is 4.68 Å². The zero-order valence-corrected chi connectivity index (χ0v) is 7.65. The lowest BCUT2D eigenvalue weighted by atomic mass is 10.2. The van der Waals surface area contributed by atoms with Crippen molar-refractivity contribution in [3.63, 3.8) is 0 Å². The van der Waals surface area contributed by atoms with E-state index in [2.05, 4.69) is 5.10 Å². The number of nitrogens with zero attached hydrogens (tertiary/aromatic N) is 2. The summed E-state index contributed by atoms with van der Waals surface area (Å²) < 4.78 is 6.64. The van der Waals surface area contributed by atoms with Crippen LogP contribution in [-0.2, 0) is 18.4 Å². The van der Waals surface area contributed by atoms with E-state index in [1.807, 2.05) is 6.92 Å². The highest BCUT2D eigenvalue weighted by Crippen LogP contribution is 2.08. The van der Waals surface area contributed by atoms with E-state index >= 15 is 0 Å². The molecule has 0 fully saturated rings. The Labute approximate surface area is 75.9 Å². The van der Waals surface area contributed by atoms with E-state index in [1.165, 1.54) is 10.9 Å². The minimum absolute atomic E-state index is 0.205. The highest BCUT2D eigenvalue weighted by Gasteiger charge is 2.14. The van der Waals surface area contributed by atoms with Crippen LogP contribution in [0.4, 0.5) is 0 Å². The van der Waals surface area contributed by atoms with Crippen molar-refractivity contribution in [2.75, 3.05) is 6.61 Å². The highest BCUT2D eigenvalue weighted by atomic mass is 16.5. The predicted octanol–water partition coefficient (Wildman–Crippen LogP) is 0.655. The van der Waals surface area contributed by atoms with Gasteiger partial charge in [0.2, 0.25) is 0 Å². The molecule has 0 radical (unpaired) electrons. The van der Waals surface area contributed by atoms with Crippen LogP contribution in [0.3, 0.4) is 0 Å². The fourth-order valence-corrected chi connectivity index (χ4v) is 1.01. The third-order valence-electron chi connectivity index (χ3n) is 1.73. The summed E-state index contributed by atoms with van der Waals surface area (Å²) in [7, 11) is 1.70. The molecule has 5 heteroatoms. The molecule has 13 heavy (non-hydrogen) atoms. The Kier molecular flexibility index (Phi) is 3.02. The van der Waals surface area contributed by atoms with E-state index in [0.717, 1.165) is 0 Å². The number of aryl methyl sites for hydroxylation is 1. The standard InChI is InChI=1S/C8H12N2O3/c1-3-13-5-7-6(8(11)12)4-9-10(7)2/h4H,3,5H2,1-2H3,(H,11,12). The molecule has 72 valence electrons. The molecule has 1 heterocycles. The first-order valence-corrected chi connectivity index (χ1v) is 3.98. The van der Waals surface area contributed by atoms with Gasteiger partial charge in [0.25, 0.3) is 0 Å². The van der Waals surface area contributed by atoms with E-state index in [1.54, 1.807) is 7.05 Å². The topological polar surface area (TPSA) is 64.3 Å². The first-order valence-electron chi connectivity index (χ1n) is 3.98. The maximum Gasteiger partial charge on any atom is 0.339 e. The summed E-state index contributed by atoms with van der Waals surface area (Å²) in [5, 5.41) is 12.6. The van der Waals surface area contributed by atoms with E-state index in [4.69, 9.17) is 9.84 Å². The number of aromatic nitrogens is 2. The molecule has 0 aliphatic carbocycles. The van der Waals surface area contributed by atoms with Crippen molar-refractivity contribution in [3.8, 4) is 0 Å². The zero-order valence-electron chi connectivity index (χ0n) is 7.65. The van der Waals surface area contributed by atoms with Crippen molar-refractivity contribution in [2.45, 2.75) is 13.5 Å². The second-order valence-electron chi connectivity index (χ2n) is 2.57. The average molecular weight is 184 g/mol. The first-order chi connectivity index (χ1) is 6.16. The van der Waals surface area contributed by atoms with Crippen molar-refractivity contribution in [3.05, 3.63) is 17.5 Å². The number of carboxylic acids is 1. The van der Waals surface area contributed by atoms with Gasteiger partial charge >= 0.3 is 5.97 Å². The van der Waals surface area contributed by atoms with Crippen LogP contribution in [0.25, 0.3) is 0 Å². The number of ether oxygens (including phenoxy) is 1. The van der Waals surface area contributed by atoms with Crippen molar-refractivity contribution in [1.29, 1.82) is 0 Å². The molecular weight excluding hydrogens is 172 g/mol. The van der Waals surface area contributed by atoms with Crippen LogP contribution in [0.1, 0.15) is 23.0 Å². The second kappa shape index (κ2) is 4.04. The molecule has 5 nitrogen and oxygen atoms in total. The molecule has 0 aliphatic heterocycles. The van der Waals surface area contributed by atoms with Gasteiger partial charge in [-0.25, -0.2) is 4.79 Å². The lowest BCUT2D eigenvalue weighted by Gasteiger charge is -2.02. The van der Waals surface area contributed by atoms with Gasteiger partial charge in [0.15, 0.2) is 0 Å². The summed E-state index contributed by atoms with van der Waals surface area (Å²) in [6.07, 6.45) is 1.33. The lowest BCUT2D eigenvalue weighted by molar-refractivity contribution is 0.0687. The Morgan fingerprint density at radius 1 is 1.77 bits per heavy atom. The summed E-state index contributed by atoms with van der Waals surface area (Å²) in [6.45, 7) is 2.70. The Bertz CT molecular complexity index is 306. The second-order valence-corrected chi connectivity index (χ2v) is 2.57. The molecule has 0 atom stereocenters. The van der Waals surface area contributed by atoms with Gasteiger partial charge in [0.1, 0.15) is 5.56 Å². The third kappa shape index (κ3) is 2.06. The Morgan fingerprint density at radius 3 is 3.00 bits per heavy atom. The minimum atomic E-state index is -0.970. The molecule has 0 bridgehead atoms. The van der Waals surface area contributed by atoms with Gasteiger partial charge < -0.3 is 9.84 Å². The number of hydrogen-bond acceptors (Lipinski definition) is 3. The Hall–Kier alpha value is -1.36. The monoisotopic (exact) mass is 184 g/mol. The van der Waals surface area contributed by atoms with Gasteiger partial charge in [-0.05, 0) is 6.92 Å². The smallest absolute Gasteiger partial charge is 0.339 e. The van der Waals surface area contributed by atoms with Gasteiger partial charge in [0, 0.05) is 13.7 Å². The van der Waals surface area contributed by atoms with E-state index in [-0.39, 0.29) is 12.2 Å². The molecule has 0 amide bonds. The fourth-order valence-electron chi connectivity index (χ4n) is 1.01. The first kappa shape index (κ1) is 9.73. The minimum Gasteiger partial charge on any atom is -0.478 e. The van der Waals surface area contributed by atoms with Crippen LogP contribution in [0.15, 0.2) is 6.20 Å². The SMILES string of the molecule is CCOCc1c(C(=O)O)cnn1C. The van der Waals surface area contributed by atoms with Crippen LogP contribution in [0.5, 0.6) is 0 Å². The van der Waals surface area contributed by atoms with Gasteiger partial charge in [-0.1, -0.05) is 0 Å². The van der Waals surface area contributed by atoms with Crippen molar-refractivity contribution >= 4 is 5.97 Å². The highest BCUT2D eigenvalue weighted by molar-refractivity contribution is 5.88. The van der Waals surface area contributed by atoms with Crippen molar-refractivity contribution in [1.82, 2.24) is 9.78 Å². The molecule has 1 rings (SSSR count). The normalized spacial score (nSPS) is 10.3. The molecule has 0 saturated heterocycles. The number of hydrogen-bond donors (Lipinski definition) is 1. The molecule has 1 aromatic heterocycles. The molecule has 0 aromatic carbocycles. The summed E-state index contributed by atoms with van der Waals surface area (Å²) in [5.41, 5.74) is 0.797. The molecule has 0 spiro atoms. The largest absolute Gasteiger partial charge is 0.478 e. The maximum absolute atomic E-state index is 10.7. The van der Waals surface area contributed by atoms with Crippen LogP contribution in [0.2, 0.25) is 0 Å². The zero-order chi connectivity index (χ0) is 9.84.